The van der Waals surface area contributed by atoms with Gasteiger partial charge in [0.25, 0.3) is 10.0 Å². The van der Waals surface area contributed by atoms with Crippen LogP contribution in [-0.4, -0.2) is 24.7 Å². The predicted octanol–water partition coefficient (Wildman–Crippen LogP) is 1.62. The van der Waals surface area contributed by atoms with E-state index in [0.717, 1.165) is 18.4 Å². The first-order chi connectivity index (χ1) is 9.31. The summed E-state index contributed by atoms with van der Waals surface area (Å²) in [5.74, 6) is -2.59. The van der Waals surface area contributed by atoms with Crippen molar-refractivity contribution in [2.45, 2.75) is 11.8 Å². The average molecular weight is 300 g/mol. The molecule has 0 aliphatic carbocycles. The van der Waals surface area contributed by atoms with Gasteiger partial charge in [-0.2, -0.15) is 0 Å². The third-order valence-electron chi connectivity index (χ3n) is 2.45. The third-order valence-corrected chi connectivity index (χ3v) is 3.78. The summed E-state index contributed by atoms with van der Waals surface area (Å²) in [5.41, 5.74) is -0.809. The molecule has 9 heteroatoms. The number of sulfonamides is 1. The number of rotatable bonds is 4. The van der Waals surface area contributed by atoms with Crippen LogP contribution < -0.4 is 4.72 Å². The molecule has 0 fully saturated rings. The molecule has 0 saturated carbocycles. The van der Waals surface area contributed by atoms with E-state index >= 15 is 0 Å². The summed E-state index contributed by atoms with van der Waals surface area (Å²) in [6.45, 7) is 1.27. The largest absolute Gasteiger partial charge is 0.478 e. The molecule has 7 nitrogen and oxygen atoms in total. The smallest absolute Gasteiger partial charge is 0.338 e. The minimum atomic E-state index is -4.08. The number of benzene rings is 1. The van der Waals surface area contributed by atoms with E-state index in [-0.39, 0.29) is 16.3 Å². The molecule has 0 radical (unpaired) electrons. The van der Waals surface area contributed by atoms with Gasteiger partial charge in [0.05, 0.1) is 10.5 Å². The van der Waals surface area contributed by atoms with Crippen molar-refractivity contribution < 1.29 is 27.2 Å². The quantitative estimate of drug-likeness (QED) is 0.888. The van der Waals surface area contributed by atoms with Crippen molar-refractivity contribution in [3.63, 3.8) is 0 Å². The number of anilines is 1. The molecule has 1 heterocycles. The Balaban J connectivity index is 2.49. The van der Waals surface area contributed by atoms with E-state index in [0.29, 0.717) is 0 Å². The molecule has 1 aromatic carbocycles. The lowest BCUT2D eigenvalue weighted by molar-refractivity contribution is 0.0691. The number of hydrogen-bond acceptors (Lipinski definition) is 5. The number of nitrogens with zero attached hydrogens (tertiary/aromatic N) is 1. The first-order valence-corrected chi connectivity index (χ1v) is 6.76. The van der Waals surface area contributed by atoms with E-state index < -0.39 is 27.4 Å². The summed E-state index contributed by atoms with van der Waals surface area (Å²) in [6.07, 6.45) is 1.16. The maximum Gasteiger partial charge on any atom is 0.338 e. The Morgan fingerprint density at radius 3 is 2.70 bits per heavy atom. The summed E-state index contributed by atoms with van der Waals surface area (Å²) in [7, 11) is -4.08. The molecule has 0 amide bonds. The van der Waals surface area contributed by atoms with E-state index in [1.807, 2.05) is 0 Å². The van der Waals surface area contributed by atoms with Crippen molar-refractivity contribution in [2.24, 2.45) is 0 Å². The van der Waals surface area contributed by atoms with Gasteiger partial charge >= 0.3 is 5.97 Å². The second-order valence-electron chi connectivity index (χ2n) is 3.90. The van der Waals surface area contributed by atoms with Gasteiger partial charge in [-0.05, 0) is 24.6 Å². The van der Waals surface area contributed by atoms with Gasteiger partial charge in [-0.15, -0.1) is 0 Å². The van der Waals surface area contributed by atoms with Crippen LogP contribution in [0.25, 0.3) is 0 Å². The Morgan fingerprint density at radius 2 is 2.15 bits per heavy atom. The van der Waals surface area contributed by atoms with Gasteiger partial charge in [0.1, 0.15) is 12.1 Å². The zero-order valence-electron chi connectivity index (χ0n) is 10.1. The zero-order chi connectivity index (χ0) is 14.9. The fourth-order valence-corrected chi connectivity index (χ4v) is 2.61. The van der Waals surface area contributed by atoms with Crippen LogP contribution in [0.2, 0.25) is 0 Å². The summed E-state index contributed by atoms with van der Waals surface area (Å²) < 4.78 is 44.2. The molecule has 0 spiro atoms. The third kappa shape index (κ3) is 2.62. The van der Waals surface area contributed by atoms with Crippen LogP contribution in [0.3, 0.4) is 0 Å². The van der Waals surface area contributed by atoms with Crippen LogP contribution in [0.5, 0.6) is 0 Å². The lowest BCUT2D eigenvalue weighted by Crippen LogP contribution is -2.15. The van der Waals surface area contributed by atoms with Gasteiger partial charge in [0, 0.05) is 6.07 Å². The van der Waals surface area contributed by atoms with Crippen molar-refractivity contribution in [3.05, 3.63) is 41.4 Å². The lowest BCUT2D eigenvalue weighted by Gasteiger charge is -2.08. The molecular weight excluding hydrogens is 291 g/mol. The Kier molecular flexibility index (Phi) is 3.45. The number of carbonyl (C=O) groups is 1. The number of nitrogens with one attached hydrogen (secondary N) is 1. The highest BCUT2D eigenvalue weighted by atomic mass is 32.2. The monoisotopic (exact) mass is 300 g/mol. The number of carboxylic acid groups (broad SMARTS) is 1. The highest BCUT2D eigenvalue weighted by Gasteiger charge is 2.22. The van der Waals surface area contributed by atoms with Gasteiger partial charge in [-0.1, -0.05) is 5.16 Å². The maximum atomic E-state index is 13.6. The molecule has 0 aliphatic rings. The number of carboxylic acids is 1. The maximum absolute atomic E-state index is 13.6. The number of aryl methyl sites for hydroxylation is 1. The molecule has 2 N–H and O–H groups in total. The van der Waals surface area contributed by atoms with Crippen LogP contribution in [0.4, 0.5) is 10.2 Å². The van der Waals surface area contributed by atoms with Gasteiger partial charge in [0.15, 0.2) is 5.82 Å². The lowest BCUT2D eigenvalue weighted by atomic mass is 10.1. The minimum absolute atomic E-state index is 0.0659. The summed E-state index contributed by atoms with van der Waals surface area (Å²) in [6, 6.07) is 3.04. The average Bonchev–Trinajstić information content (AvgIpc) is 2.83. The number of aromatic nitrogens is 1. The fourth-order valence-electron chi connectivity index (χ4n) is 1.51. The van der Waals surface area contributed by atoms with Crippen LogP contribution >= 0.6 is 0 Å². The molecule has 0 bridgehead atoms. The predicted molar refractivity (Wildman–Crippen MR) is 65.4 cm³/mol. The molecule has 20 heavy (non-hydrogen) atoms. The summed E-state index contributed by atoms with van der Waals surface area (Å²) >= 11 is 0. The molecule has 2 aromatic rings. The van der Waals surface area contributed by atoms with Crippen molar-refractivity contribution in [3.8, 4) is 0 Å². The normalized spacial score (nSPS) is 11.3. The van der Waals surface area contributed by atoms with Crippen molar-refractivity contribution >= 4 is 21.8 Å². The van der Waals surface area contributed by atoms with E-state index in [4.69, 9.17) is 5.11 Å². The van der Waals surface area contributed by atoms with Gasteiger partial charge in [-0.25, -0.2) is 17.6 Å². The van der Waals surface area contributed by atoms with E-state index in [2.05, 4.69) is 14.4 Å². The van der Waals surface area contributed by atoms with Crippen molar-refractivity contribution in [1.29, 1.82) is 0 Å². The van der Waals surface area contributed by atoms with Crippen LogP contribution in [0.15, 0.2) is 33.9 Å². The van der Waals surface area contributed by atoms with Gasteiger partial charge < -0.3 is 9.63 Å². The van der Waals surface area contributed by atoms with E-state index in [1.54, 1.807) is 0 Å². The molecule has 0 unspecified atom stereocenters. The van der Waals surface area contributed by atoms with Crippen LogP contribution in [0.1, 0.15) is 15.9 Å². The number of aromatic carboxylic acids is 1. The Labute approximate surface area is 113 Å². The van der Waals surface area contributed by atoms with E-state index in [1.165, 1.54) is 13.0 Å². The first kappa shape index (κ1) is 14.0. The fraction of sp³-hybridized carbons (Fsp3) is 0.0909. The molecule has 106 valence electrons. The highest BCUT2D eigenvalue weighted by Crippen LogP contribution is 2.21. The Hall–Kier alpha value is -2.42. The minimum Gasteiger partial charge on any atom is -0.478 e. The zero-order valence-corrected chi connectivity index (χ0v) is 10.9. The molecule has 1 aromatic heterocycles. The standard InChI is InChI=1S/C11H9FN2O5S/c1-6-4-7(5-8(10(6)12)11(15)16)20(17,18)14-9-2-3-19-13-9/h2-5H,1H3,(H,13,14)(H,15,16). The second-order valence-corrected chi connectivity index (χ2v) is 5.58. The van der Waals surface area contributed by atoms with Crippen LogP contribution in [0, 0.1) is 12.7 Å². The highest BCUT2D eigenvalue weighted by molar-refractivity contribution is 7.92. The molecule has 2 rings (SSSR count). The Bertz CT molecular complexity index is 755. The number of hydrogen-bond donors (Lipinski definition) is 2. The molecular formula is C11H9FN2O5S. The van der Waals surface area contributed by atoms with Crippen molar-refractivity contribution in [1.82, 2.24) is 5.16 Å². The van der Waals surface area contributed by atoms with Crippen LogP contribution in [-0.2, 0) is 10.0 Å². The van der Waals surface area contributed by atoms with Gasteiger partial charge in [0.2, 0.25) is 0 Å². The number of halogens is 1. The van der Waals surface area contributed by atoms with Crippen molar-refractivity contribution in [2.75, 3.05) is 4.72 Å². The summed E-state index contributed by atoms with van der Waals surface area (Å²) in [5, 5.41) is 12.2. The topological polar surface area (TPSA) is 110 Å². The molecule has 0 atom stereocenters. The summed E-state index contributed by atoms with van der Waals surface area (Å²) in [4.78, 5) is 10.5. The second kappa shape index (κ2) is 4.93. The molecule has 0 aliphatic heterocycles. The first-order valence-electron chi connectivity index (χ1n) is 5.28. The SMILES string of the molecule is Cc1cc(S(=O)(=O)Nc2ccon2)cc(C(=O)O)c1F. The van der Waals surface area contributed by atoms with Gasteiger partial charge in [-0.3, -0.25) is 4.72 Å². The molecule has 0 saturated heterocycles. The van der Waals surface area contributed by atoms with E-state index in [9.17, 15) is 17.6 Å². The Morgan fingerprint density at radius 1 is 1.45 bits per heavy atom.